The molecule has 2 aromatic carbocycles. The van der Waals surface area contributed by atoms with E-state index in [4.69, 9.17) is 32.7 Å². The van der Waals surface area contributed by atoms with Crippen molar-refractivity contribution in [3.8, 4) is 0 Å². The predicted octanol–water partition coefficient (Wildman–Crippen LogP) is 4.41. The summed E-state index contributed by atoms with van der Waals surface area (Å²) < 4.78 is 10.5. The lowest BCUT2D eigenvalue weighted by Gasteiger charge is -2.28. The second-order valence-electron chi connectivity index (χ2n) is 6.69. The third-order valence-electron chi connectivity index (χ3n) is 4.55. The topological polar surface area (TPSA) is 67.9 Å². The van der Waals surface area contributed by atoms with E-state index < -0.39 is 18.0 Å². The van der Waals surface area contributed by atoms with Crippen molar-refractivity contribution in [2.45, 2.75) is 13.0 Å². The Balaban J connectivity index is 1.52. The quantitative estimate of drug-likeness (QED) is 0.523. The number of esters is 1. The highest BCUT2D eigenvalue weighted by Gasteiger charge is 2.17. The van der Waals surface area contributed by atoms with Crippen molar-refractivity contribution in [2.24, 2.45) is 0 Å². The van der Waals surface area contributed by atoms with Crippen LogP contribution in [0, 0.1) is 0 Å². The molecule has 3 rings (SSSR count). The van der Waals surface area contributed by atoms with Crippen LogP contribution in [-0.2, 0) is 19.1 Å². The van der Waals surface area contributed by atoms with Crippen molar-refractivity contribution >= 4 is 52.5 Å². The molecule has 0 spiro atoms. The Labute approximate surface area is 185 Å². The van der Waals surface area contributed by atoms with E-state index in [-0.39, 0.29) is 0 Å². The van der Waals surface area contributed by atoms with Gasteiger partial charge in [-0.1, -0.05) is 35.3 Å². The van der Waals surface area contributed by atoms with Crippen molar-refractivity contribution in [1.29, 1.82) is 0 Å². The number of nitrogens with one attached hydrogen (secondary N) is 1. The number of ether oxygens (including phenoxy) is 2. The van der Waals surface area contributed by atoms with Crippen molar-refractivity contribution in [3.05, 3.63) is 64.1 Å². The number of hydrogen-bond donors (Lipinski definition) is 1. The predicted molar refractivity (Wildman–Crippen MR) is 119 cm³/mol. The molecule has 1 fully saturated rings. The van der Waals surface area contributed by atoms with E-state index in [2.05, 4.69) is 10.2 Å². The number of nitrogens with zero attached hydrogens (tertiary/aromatic N) is 1. The van der Waals surface area contributed by atoms with Gasteiger partial charge < -0.3 is 19.7 Å². The number of morpholine rings is 1. The maximum absolute atomic E-state index is 12.3. The SMILES string of the molecule is CC(OC(=O)/C=C/c1cccc(Cl)c1Cl)C(=O)Nc1ccc(N2CCOCC2)cc1. The number of rotatable bonds is 6. The summed E-state index contributed by atoms with van der Waals surface area (Å²) in [6.45, 7) is 4.60. The molecule has 0 aromatic heterocycles. The van der Waals surface area contributed by atoms with Crippen LogP contribution in [0.25, 0.3) is 6.08 Å². The van der Waals surface area contributed by atoms with E-state index in [0.29, 0.717) is 34.5 Å². The van der Waals surface area contributed by atoms with Crippen LogP contribution in [0.15, 0.2) is 48.5 Å². The Morgan fingerprint density at radius 2 is 1.83 bits per heavy atom. The average Bonchev–Trinajstić information content (AvgIpc) is 2.76. The van der Waals surface area contributed by atoms with Crippen LogP contribution in [0.3, 0.4) is 0 Å². The first-order chi connectivity index (χ1) is 14.4. The second-order valence-corrected chi connectivity index (χ2v) is 7.48. The molecule has 158 valence electrons. The molecule has 2 aromatic rings. The van der Waals surface area contributed by atoms with Crippen molar-refractivity contribution in [2.75, 3.05) is 36.5 Å². The summed E-state index contributed by atoms with van der Waals surface area (Å²) in [6.07, 6.45) is 1.74. The Hall–Kier alpha value is -2.54. The maximum Gasteiger partial charge on any atom is 0.331 e. The van der Waals surface area contributed by atoms with Gasteiger partial charge in [0.15, 0.2) is 6.10 Å². The third kappa shape index (κ3) is 5.98. The number of amides is 1. The van der Waals surface area contributed by atoms with Crippen molar-refractivity contribution < 1.29 is 19.1 Å². The number of halogens is 2. The highest BCUT2D eigenvalue weighted by atomic mass is 35.5. The van der Waals surface area contributed by atoms with Crippen molar-refractivity contribution in [3.63, 3.8) is 0 Å². The fraction of sp³-hybridized carbons (Fsp3) is 0.273. The molecule has 1 heterocycles. The van der Waals surface area contributed by atoms with Crippen LogP contribution in [0.5, 0.6) is 0 Å². The standard InChI is InChI=1S/C22H22Cl2N2O4/c1-15(30-20(27)10-5-16-3-2-4-19(23)21(16)24)22(28)25-17-6-8-18(9-7-17)26-11-13-29-14-12-26/h2-10,15H,11-14H2,1H3,(H,25,28)/b10-5+. The highest BCUT2D eigenvalue weighted by molar-refractivity contribution is 6.42. The lowest BCUT2D eigenvalue weighted by Crippen LogP contribution is -2.36. The zero-order valence-electron chi connectivity index (χ0n) is 16.4. The first kappa shape index (κ1) is 22.2. The minimum absolute atomic E-state index is 0.342. The van der Waals surface area contributed by atoms with E-state index in [1.165, 1.54) is 19.1 Å². The third-order valence-corrected chi connectivity index (χ3v) is 5.39. The molecule has 1 atom stereocenters. The Kier molecular flexibility index (Phi) is 7.74. The van der Waals surface area contributed by atoms with E-state index in [1.54, 1.807) is 18.2 Å². The van der Waals surface area contributed by atoms with E-state index in [9.17, 15) is 9.59 Å². The van der Waals surface area contributed by atoms with Gasteiger partial charge in [0.25, 0.3) is 5.91 Å². The largest absolute Gasteiger partial charge is 0.449 e. The Bertz CT molecular complexity index is 925. The number of benzene rings is 2. The van der Waals surface area contributed by atoms with Crippen LogP contribution >= 0.6 is 23.2 Å². The maximum atomic E-state index is 12.3. The molecule has 0 radical (unpaired) electrons. The van der Waals surface area contributed by atoms with E-state index >= 15 is 0 Å². The van der Waals surface area contributed by atoms with Crippen molar-refractivity contribution in [1.82, 2.24) is 0 Å². The van der Waals surface area contributed by atoms with Gasteiger partial charge in [-0.15, -0.1) is 0 Å². The summed E-state index contributed by atoms with van der Waals surface area (Å²) in [5.41, 5.74) is 2.28. The smallest absolute Gasteiger partial charge is 0.331 e. The highest BCUT2D eigenvalue weighted by Crippen LogP contribution is 2.26. The van der Waals surface area contributed by atoms with Gasteiger partial charge >= 0.3 is 5.97 Å². The van der Waals surface area contributed by atoms with Gasteiger partial charge in [0.05, 0.1) is 23.3 Å². The van der Waals surface area contributed by atoms with Gasteiger partial charge in [0, 0.05) is 30.5 Å². The second kappa shape index (κ2) is 10.5. The molecule has 0 saturated carbocycles. The number of hydrogen-bond acceptors (Lipinski definition) is 5. The fourth-order valence-corrected chi connectivity index (χ4v) is 3.27. The van der Waals surface area contributed by atoms with Crippen LogP contribution in [0.1, 0.15) is 12.5 Å². The minimum atomic E-state index is -0.962. The molecule has 1 amide bonds. The van der Waals surface area contributed by atoms with Crippen LogP contribution in [0.4, 0.5) is 11.4 Å². The zero-order valence-corrected chi connectivity index (χ0v) is 17.9. The number of carbonyl (C=O) groups excluding carboxylic acids is 2. The molecule has 1 aliphatic heterocycles. The van der Waals surface area contributed by atoms with E-state index in [0.717, 1.165) is 18.8 Å². The van der Waals surface area contributed by atoms with Crippen LogP contribution < -0.4 is 10.2 Å². The Morgan fingerprint density at radius 1 is 1.13 bits per heavy atom. The van der Waals surface area contributed by atoms with Crippen LogP contribution in [-0.4, -0.2) is 44.3 Å². The van der Waals surface area contributed by atoms with Gasteiger partial charge in [0.1, 0.15) is 0 Å². The molecule has 0 bridgehead atoms. The van der Waals surface area contributed by atoms with Gasteiger partial charge in [0.2, 0.25) is 0 Å². The van der Waals surface area contributed by atoms with Gasteiger partial charge in [-0.25, -0.2) is 4.79 Å². The summed E-state index contributed by atoms with van der Waals surface area (Å²) in [5, 5.41) is 3.48. The molecule has 30 heavy (non-hydrogen) atoms. The molecule has 1 unspecified atom stereocenters. The first-order valence-corrected chi connectivity index (χ1v) is 10.3. The summed E-state index contributed by atoms with van der Waals surface area (Å²) in [5.74, 6) is -1.08. The molecular formula is C22H22Cl2N2O4. The average molecular weight is 449 g/mol. The first-order valence-electron chi connectivity index (χ1n) is 9.50. The summed E-state index contributed by atoms with van der Waals surface area (Å²) >= 11 is 12.0. The Morgan fingerprint density at radius 3 is 2.53 bits per heavy atom. The summed E-state index contributed by atoms with van der Waals surface area (Å²) in [7, 11) is 0. The van der Waals surface area contributed by atoms with Gasteiger partial charge in [-0.3, -0.25) is 4.79 Å². The molecule has 1 aliphatic rings. The summed E-state index contributed by atoms with van der Waals surface area (Å²) in [6, 6.07) is 12.6. The van der Waals surface area contributed by atoms with Gasteiger partial charge in [-0.2, -0.15) is 0 Å². The molecule has 8 heteroatoms. The fourth-order valence-electron chi connectivity index (χ4n) is 2.90. The molecular weight excluding hydrogens is 427 g/mol. The van der Waals surface area contributed by atoms with Crippen LogP contribution in [0.2, 0.25) is 10.0 Å². The molecule has 1 N–H and O–H groups in total. The molecule has 6 nitrogen and oxygen atoms in total. The zero-order chi connectivity index (χ0) is 21.5. The lowest BCUT2D eigenvalue weighted by atomic mass is 10.2. The summed E-state index contributed by atoms with van der Waals surface area (Å²) in [4.78, 5) is 26.6. The van der Waals surface area contributed by atoms with E-state index in [1.807, 2.05) is 24.3 Å². The molecule has 0 aliphatic carbocycles. The monoisotopic (exact) mass is 448 g/mol. The van der Waals surface area contributed by atoms with Gasteiger partial charge in [-0.05, 0) is 48.9 Å². The molecule has 1 saturated heterocycles. The lowest BCUT2D eigenvalue weighted by molar-refractivity contribution is -0.148. The normalized spacial score (nSPS) is 15.1. The number of anilines is 2. The number of carbonyl (C=O) groups is 2. The minimum Gasteiger partial charge on any atom is -0.449 e.